The quantitative estimate of drug-likeness (QED) is 0.169. The second-order valence-corrected chi connectivity index (χ2v) is 9.27. The van der Waals surface area contributed by atoms with Crippen molar-refractivity contribution < 1.29 is 57.5 Å². The molecule has 0 radical (unpaired) electrons. The smallest absolute Gasteiger partial charge is 0.342 e. The van der Waals surface area contributed by atoms with E-state index in [0.29, 0.717) is 5.57 Å². The third kappa shape index (κ3) is 5.75. The van der Waals surface area contributed by atoms with E-state index >= 15 is 0 Å². The van der Waals surface area contributed by atoms with Crippen LogP contribution in [0, 0.1) is 5.92 Å². The predicted octanol–water partition coefficient (Wildman–Crippen LogP) is 0.457. The molecule has 37 heavy (non-hydrogen) atoms. The Balaban J connectivity index is 2.16. The number of rotatable bonds is 6. The van der Waals surface area contributed by atoms with Gasteiger partial charge in [0.2, 0.25) is 0 Å². The zero-order valence-electron chi connectivity index (χ0n) is 21.3. The number of carbonyl (C=O) groups is 5. The highest BCUT2D eigenvalue weighted by Gasteiger charge is 2.54. The molecule has 2 saturated heterocycles. The summed E-state index contributed by atoms with van der Waals surface area (Å²) in [7, 11) is 1.11. The molecule has 0 saturated carbocycles. The van der Waals surface area contributed by atoms with Gasteiger partial charge in [-0.25, -0.2) is 14.4 Å². The lowest BCUT2D eigenvalue weighted by atomic mass is 9.83. The van der Waals surface area contributed by atoms with Gasteiger partial charge in [-0.1, -0.05) is 6.58 Å². The van der Waals surface area contributed by atoms with Crippen molar-refractivity contribution in [3.05, 3.63) is 35.5 Å². The van der Waals surface area contributed by atoms with Crippen LogP contribution < -0.4 is 0 Å². The lowest BCUT2D eigenvalue weighted by Gasteiger charge is -2.36. The summed E-state index contributed by atoms with van der Waals surface area (Å²) in [6, 6.07) is 0. The van der Waals surface area contributed by atoms with Crippen molar-refractivity contribution in [1.29, 1.82) is 0 Å². The van der Waals surface area contributed by atoms with Crippen LogP contribution in [0.2, 0.25) is 0 Å². The van der Waals surface area contributed by atoms with E-state index in [1.807, 2.05) is 0 Å². The molecule has 0 spiro atoms. The van der Waals surface area contributed by atoms with Crippen LogP contribution in [0.5, 0.6) is 0 Å². The molecule has 2 heterocycles. The van der Waals surface area contributed by atoms with Crippen molar-refractivity contribution in [3.63, 3.8) is 0 Å². The third-order valence-corrected chi connectivity index (χ3v) is 6.47. The average Bonchev–Trinajstić information content (AvgIpc) is 3.52. The van der Waals surface area contributed by atoms with Crippen LogP contribution in [0.25, 0.3) is 0 Å². The monoisotopic (exact) mass is 522 g/mol. The van der Waals surface area contributed by atoms with Gasteiger partial charge in [-0.05, 0) is 38.5 Å². The van der Waals surface area contributed by atoms with Crippen LogP contribution >= 0.6 is 0 Å². The summed E-state index contributed by atoms with van der Waals surface area (Å²) >= 11 is 0. The number of hydrogen-bond acceptors (Lipinski definition) is 12. The molecular weight excluding hydrogens is 492 g/mol. The van der Waals surface area contributed by atoms with Gasteiger partial charge >= 0.3 is 29.8 Å². The minimum absolute atomic E-state index is 0.116. The molecule has 2 aliphatic heterocycles. The van der Waals surface area contributed by atoms with Crippen molar-refractivity contribution in [3.8, 4) is 0 Å². The first kappa shape index (κ1) is 28.1. The Morgan fingerprint density at radius 2 is 1.76 bits per heavy atom. The maximum Gasteiger partial charge on any atom is 0.342 e. The highest BCUT2D eigenvalue weighted by atomic mass is 16.6. The van der Waals surface area contributed by atoms with Gasteiger partial charge in [-0.15, -0.1) is 0 Å². The molecule has 1 aliphatic carbocycles. The molecular formula is C25H30O12. The minimum Gasteiger partial charge on any atom is -0.466 e. The Morgan fingerprint density at radius 3 is 2.32 bits per heavy atom. The minimum atomic E-state index is -2.37. The zero-order valence-corrected chi connectivity index (χ0v) is 21.3. The number of esters is 5. The molecule has 2 fully saturated rings. The van der Waals surface area contributed by atoms with Crippen LogP contribution in [0.3, 0.4) is 0 Å². The van der Waals surface area contributed by atoms with E-state index in [4.69, 9.17) is 28.4 Å². The van der Waals surface area contributed by atoms with Crippen molar-refractivity contribution in [1.82, 2.24) is 0 Å². The number of carbonyl (C=O) groups excluding carboxylic acids is 5. The second-order valence-electron chi connectivity index (χ2n) is 9.27. The van der Waals surface area contributed by atoms with E-state index in [0.717, 1.165) is 27.9 Å². The molecule has 12 nitrogen and oxygen atoms in total. The molecule has 0 unspecified atom stereocenters. The van der Waals surface area contributed by atoms with Gasteiger partial charge in [-0.2, -0.15) is 0 Å². The number of aliphatic hydroxyl groups is 1. The standard InChI is InChI=1S/C25H30O12/c1-10-8-16-18(11(2)22(28)36-16)21(37-24(30)25(6,31)12(3)33-13(4)26)20(34-14(5)27)15(23(29)32-7)9-17-19(10)35-17/h8-9,12,16-21,31H,2H2,1,3-7H3/b10-8+,15-9+/t12-,16+,17-,18+,19-,20-,21-,25+/m0/s1. The Hall–Kier alpha value is -3.51. The summed E-state index contributed by atoms with van der Waals surface area (Å²) < 4.78 is 32.1. The molecule has 12 heteroatoms. The fraction of sp³-hybridized carbons (Fsp3) is 0.560. The number of epoxide rings is 1. The van der Waals surface area contributed by atoms with E-state index in [1.54, 1.807) is 13.0 Å². The molecule has 0 aromatic carbocycles. The van der Waals surface area contributed by atoms with Gasteiger partial charge in [0.05, 0.1) is 18.6 Å². The highest BCUT2D eigenvalue weighted by molar-refractivity contribution is 5.93. The number of hydrogen-bond donors (Lipinski definition) is 1. The van der Waals surface area contributed by atoms with E-state index in [9.17, 15) is 29.1 Å². The van der Waals surface area contributed by atoms with Crippen molar-refractivity contribution >= 4 is 29.8 Å². The van der Waals surface area contributed by atoms with Crippen molar-refractivity contribution in [2.75, 3.05) is 7.11 Å². The lowest BCUT2D eigenvalue weighted by Crippen LogP contribution is -2.53. The number of fused-ring (bicyclic) bond motifs is 2. The maximum atomic E-state index is 13.3. The molecule has 3 aliphatic rings. The van der Waals surface area contributed by atoms with Crippen LogP contribution in [-0.2, 0) is 52.4 Å². The van der Waals surface area contributed by atoms with Crippen molar-refractivity contribution in [2.24, 2.45) is 5.92 Å². The van der Waals surface area contributed by atoms with Gasteiger partial charge in [0.15, 0.2) is 17.8 Å². The van der Waals surface area contributed by atoms with E-state index in [1.165, 1.54) is 13.0 Å². The van der Waals surface area contributed by atoms with Gasteiger partial charge in [0.25, 0.3) is 0 Å². The molecule has 0 aromatic heterocycles. The number of ether oxygens (including phenoxy) is 6. The average molecular weight is 523 g/mol. The van der Waals surface area contributed by atoms with Crippen LogP contribution in [0.1, 0.15) is 34.6 Å². The third-order valence-electron chi connectivity index (χ3n) is 6.47. The summed E-state index contributed by atoms with van der Waals surface area (Å²) in [5.41, 5.74) is -2.02. The first-order valence-corrected chi connectivity index (χ1v) is 11.5. The zero-order chi connectivity index (χ0) is 27.8. The lowest BCUT2D eigenvalue weighted by molar-refractivity contribution is -0.196. The second kappa shape index (κ2) is 10.5. The first-order chi connectivity index (χ1) is 17.2. The molecule has 8 atom stereocenters. The highest BCUT2D eigenvalue weighted by Crippen LogP contribution is 2.41. The Kier molecular flexibility index (Phi) is 7.94. The molecule has 202 valence electrons. The van der Waals surface area contributed by atoms with Crippen LogP contribution in [-0.4, -0.2) is 84.3 Å². The molecule has 0 bridgehead atoms. The maximum absolute atomic E-state index is 13.3. The summed E-state index contributed by atoms with van der Waals surface area (Å²) in [5.74, 6) is -5.72. The topological polar surface area (TPSA) is 164 Å². The molecule has 1 N–H and O–H groups in total. The van der Waals surface area contributed by atoms with E-state index in [2.05, 4.69) is 6.58 Å². The molecule has 0 aromatic rings. The van der Waals surface area contributed by atoms with Crippen LogP contribution in [0.4, 0.5) is 0 Å². The van der Waals surface area contributed by atoms with Crippen molar-refractivity contribution in [2.45, 2.75) is 76.8 Å². The van der Waals surface area contributed by atoms with Gasteiger partial charge in [0, 0.05) is 19.4 Å². The van der Waals surface area contributed by atoms with Gasteiger partial charge in [-0.3, -0.25) is 9.59 Å². The first-order valence-electron chi connectivity index (χ1n) is 11.5. The fourth-order valence-corrected chi connectivity index (χ4v) is 4.26. The Labute approximate surface area is 213 Å². The SMILES string of the molecule is C=C1C(=O)O[C@@H]2/C=C(\C)[C@@H]3O[C@H]3/C=C(/C(=O)OC)[C@H](OC(C)=O)[C@@H](OC(=O)[C@](C)(O)[C@H](C)OC(C)=O)[C@H]12. The van der Waals surface area contributed by atoms with Gasteiger partial charge < -0.3 is 33.5 Å². The summed E-state index contributed by atoms with van der Waals surface area (Å²) in [5, 5.41) is 10.9. The normalized spacial score (nSPS) is 33.9. The van der Waals surface area contributed by atoms with E-state index < -0.39 is 78.0 Å². The summed E-state index contributed by atoms with van der Waals surface area (Å²) in [4.78, 5) is 62.2. The number of methoxy groups -OCH3 is 1. The Bertz CT molecular complexity index is 1080. The predicted molar refractivity (Wildman–Crippen MR) is 122 cm³/mol. The summed E-state index contributed by atoms with van der Waals surface area (Å²) in [6.45, 7) is 10.0. The molecule has 0 amide bonds. The van der Waals surface area contributed by atoms with Crippen LogP contribution in [0.15, 0.2) is 35.5 Å². The van der Waals surface area contributed by atoms with Gasteiger partial charge in [0.1, 0.15) is 24.4 Å². The Morgan fingerprint density at radius 1 is 1.11 bits per heavy atom. The van der Waals surface area contributed by atoms with E-state index in [-0.39, 0.29) is 11.1 Å². The summed E-state index contributed by atoms with van der Waals surface area (Å²) in [6.07, 6.45) is -3.61. The molecule has 3 rings (SSSR count). The fourth-order valence-electron chi connectivity index (χ4n) is 4.26. The largest absolute Gasteiger partial charge is 0.466 e.